The molecule has 9 nitrogen and oxygen atoms in total. The Morgan fingerprint density at radius 1 is 0.718 bits per heavy atom. The smallest absolute Gasteiger partial charge is 0.303 e. The number of Topliss-reactive ketones (excluding diaryl/α,β-unsaturated/α-hetero) is 1. The number of nitrogens with two attached hydrogens (primary N) is 1. The quantitative estimate of drug-likeness (QED) is 0.0841. The van der Waals surface area contributed by atoms with E-state index in [9.17, 15) is 19.2 Å². The van der Waals surface area contributed by atoms with E-state index in [0.29, 0.717) is 25.8 Å². The number of rotatable bonds is 29. The molecule has 0 unspecified atom stereocenters. The summed E-state index contributed by atoms with van der Waals surface area (Å²) in [5, 5.41) is 23.4. The molecule has 0 aromatic heterocycles. The number of nitrogens with one attached hydrogen (secondary N) is 2. The number of primary amides is 1. The summed E-state index contributed by atoms with van der Waals surface area (Å²) in [6.07, 6.45) is 20.4. The predicted octanol–water partition coefficient (Wildman–Crippen LogP) is 4.63. The van der Waals surface area contributed by atoms with Crippen LogP contribution in [0.1, 0.15) is 135 Å². The van der Waals surface area contributed by atoms with Crippen molar-refractivity contribution in [3.05, 3.63) is 0 Å². The first kappa shape index (κ1) is 37.0. The van der Waals surface area contributed by atoms with Gasteiger partial charge in [-0.25, -0.2) is 0 Å². The highest BCUT2D eigenvalue weighted by Crippen LogP contribution is 2.15. The number of amides is 2. The molecule has 0 aliphatic rings. The van der Waals surface area contributed by atoms with Gasteiger partial charge >= 0.3 is 5.97 Å². The molecule has 0 bridgehead atoms. The van der Waals surface area contributed by atoms with Crippen molar-refractivity contribution in [1.29, 1.82) is 0 Å². The molecule has 0 saturated carbocycles. The summed E-state index contributed by atoms with van der Waals surface area (Å²) in [5.74, 6) is -1.35. The molecule has 0 heterocycles. The maximum absolute atomic E-state index is 12.3. The number of aliphatic carboxylic acids is 1. The highest BCUT2D eigenvalue weighted by atomic mass is 16.4. The Labute approximate surface area is 236 Å². The molecular formula is C30H57N3O6. The van der Waals surface area contributed by atoms with E-state index in [2.05, 4.69) is 10.6 Å². The second-order valence-electron chi connectivity index (χ2n) is 10.8. The number of carbonyl (C=O) groups excluding carboxylic acids is 3. The third kappa shape index (κ3) is 23.6. The minimum Gasteiger partial charge on any atom is -0.481 e. The lowest BCUT2D eigenvalue weighted by Crippen LogP contribution is -2.46. The molecule has 0 aliphatic carbocycles. The van der Waals surface area contributed by atoms with E-state index in [1.807, 2.05) is 6.92 Å². The second kappa shape index (κ2) is 26.2. The van der Waals surface area contributed by atoms with Crippen LogP contribution in [0.3, 0.4) is 0 Å². The van der Waals surface area contributed by atoms with Crippen molar-refractivity contribution in [3.8, 4) is 0 Å². The van der Waals surface area contributed by atoms with Gasteiger partial charge < -0.3 is 21.3 Å². The average molecular weight is 556 g/mol. The Balaban J connectivity index is 3.53. The van der Waals surface area contributed by atoms with E-state index in [1.165, 1.54) is 57.8 Å². The molecule has 39 heavy (non-hydrogen) atoms. The topological polar surface area (TPSA) is 159 Å². The molecule has 9 heteroatoms. The van der Waals surface area contributed by atoms with Crippen LogP contribution in [0.4, 0.5) is 0 Å². The van der Waals surface area contributed by atoms with Crippen molar-refractivity contribution in [3.63, 3.8) is 0 Å². The second-order valence-corrected chi connectivity index (χ2v) is 10.8. The van der Waals surface area contributed by atoms with Crippen molar-refractivity contribution >= 4 is 23.6 Å². The zero-order chi connectivity index (χ0) is 29.1. The molecule has 0 aliphatic heterocycles. The lowest BCUT2D eigenvalue weighted by molar-refractivity contribution is -0.137. The minimum absolute atomic E-state index is 0.0135. The monoisotopic (exact) mass is 555 g/mol. The Hall–Kier alpha value is -2.00. The molecule has 0 rings (SSSR count). The van der Waals surface area contributed by atoms with Gasteiger partial charge in [-0.05, 0) is 32.1 Å². The maximum atomic E-state index is 12.3. The molecule has 6 N–H and O–H groups in total. The van der Waals surface area contributed by atoms with Gasteiger partial charge in [0.05, 0.1) is 13.2 Å². The highest BCUT2D eigenvalue weighted by Gasteiger charge is 2.19. The SMILES string of the molecule is CC[C@H](CCCCNC(=O)CCCCCCCCCCCCCCCCC(=O)O)C(=O)CN[C@@H](CO)C(N)=O. The molecule has 0 saturated heterocycles. The van der Waals surface area contributed by atoms with E-state index in [-0.39, 0.29) is 24.2 Å². The Bertz CT molecular complexity index is 659. The molecule has 0 aromatic carbocycles. The number of hydrogen-bond acceptors (Lipinski definition) is 6. The van der Waals surface area contributed by atoms with Crippen LogP contribution < -0.4 is 16.4 Å². The van der Waals surface area contributed by atoms with E-state index in [1.54, 1.807) is 0 Å². The summed E-state index contributed by atoms with van der Waals surface area (Å²) in [5.41, 5.74) is 5.16. The molecule has 2 amide bonds. The van der Waals surface area contributed by atoms with Crippen LogP contribution in [0.2, 0.25) is 0 Å². The fourth-order valence-electron chi connectivity index (χ4n) is 4.73. The summed E-state index contributed by atoms with van der Waals surface area (Å²) in [6.45, 7) is 2.17. The average Bonchev–Trinajstić information content (AvgIpc) is 2.90. The van der Waals surface area contributed by atoms with Gasteiger partial charge in [0.2, 0.25) is 11.8 Å². The van der Waals surface area contributed by atoms with Crippen LogP contribution in [-0.4, -0.2) is 59.5 Å². The summed E-state index contributed by atoms with van der Waals surface area (Å²) in [7, 11) is 0. The standard InChI is InChI=1S/C30H57N3O6/c1-2-25(27(35)23-33-26(24-34)30(31)39)19-17-18-22-32-28(36)20-15-13-11-9-7-5-3-4-6-8-10-12-14-16-21-29(37)38/h25-26,33-34H,2-24H2,1H3,(H2,31,39)(H,32,36)(H,37,38)/t25-,26+/m1/s1. The minimum atomic E-state index is -0.900. The third-order valence-electron chi connectivity index (χ3n) is 7.34. The van der Waals surface area contributed by atoms with Crippen molar-refractivity contribution in [2.24, 2.45) is 11.7 Å². The fraction of sp³-hybridized carbons (Fsp3) is 0.867. The van der Waals surface area contributed by atoms with Crippen molar-refractivity contribution in [1.82, 2.24) is 10.6 Å². The van der Waals surface area contributed by atoms with E-state index >= 15 is 0 Å². The molecule has 2 atom stereocenters. The summed E-state index contributed by atoms with van der Waals surface area (Å²) in [4.78, 5) is 46.0. The number of hydrogen-bond donors (Lipinski definition) is 5. The van der Waals surface area contributed by atoms with Crippen molar-refractivity contribution in [2.75, 3.05) is 19.7 Å². The van der Waals surface area contributed by atoms with E-state index in [0.717, 1.165) is 51.4 Å². The van der Waals surface area contributed by atoms with Gasteiger partial charge in [0.15, 0.2) is 0 Å². The summed E-state index contributed by atoms with van der Waals surface area (Å²) in [6, 6.07) is -0.900. The number of carboxylic acid groups (broad SMARTS) is 1. The van der Waals surface area contributed by atoms with Crippen molar-refractivity contribution in [2.45, 2.75) is 141 Å². The van der Waals surface area contributed by atoms with Crippen LogP contribution in [0.15, 0.2) is 0 Å². The van der Waals surface area contributed by atoms with Crippen LogP contribution in [0.5, 0.6) is 0 Å². The van der Waals surface area contributed by atoms with Gasteiger partial charge in [0.25, 0.3) is 0 Å². The summed E-state index contributed by atoms with van der Waals surface area (Å²) >= 11 is 0. The zero-order valence-corrected chi connectivity index (χ0v) is 24.5. The number of aliphatic hydroxyl groups excluding tert-OH is 1. The lowest BCUT2D eigenvalue weighted by atomic mass is 9.94. The fourth-order valence-corrected chi connectivity index (χ4v) is 4.73. The number of unbranched alkanes of at least 4 members (excludes halogenated alkanes) is 14. The van der Waals surface area contributed by atoms with Crippen molar-refractivity contribution < 1.29 is 29.4 Å². The molecule has 228 valence electrons. The Morgan fingerprint density at radius 2 is 1.21 bits per heavy atom. The normalized spacial score (nSPS) is 12.7. The van der Waals surface area contributed by atoms with Crippen LogP contribution in [0.25, 0.3) is 0 Å². The van der Waals surface area contributed by atoms with Crippen LogP contribution >= 0.6 is 0 Å². The van der Waals surface area contributed by atoms with Gasteiger partial charge in [-0.1, -0.05) is 90.4 Å². The summed E-state index contributed by atoms with van der Waals surface area (Å²) < 4.78 is 0. The van der Waals surface area contributed by atoms with Gasteiger partial charge in [0.1, 0.15) is 11.8 Å². The zero-order valence-electron chi connectivity index (χ0n) is 24.5. The van der Waals surface area contributed by atoms with E-state index in [4.69, 9.17) is 15.9 Å². The number of carboxylic acids is 1. The largest absolute Gasteiger partial charge is 0.481 e. The highest BCUT2D eigenvalue weighted by molar-refractivity contribution is 5.85. The molecule has 0 aromatic rings. The van der Waals surface area contributed by atoms with Gasteiger partial charge in [-0.2, -0.15) is 0 Å². The molecule has 0 radical (unpaired) electrons. The number of carbonyl (C=O) groups is 4. The Kier molecular flexibility index (Phi) is 24.9. The first-order valence-electron chi connectivity index (χ1n) is 15.5. The molecule has 0 fully saturated rings. The van der Waals surface area contributed by atoms with E-state index < -0.39 is 24.5 Å². The van der Waals surface area contributed by atoms with Crippen LogP contribution in [0, 0.1) is 5.92 Å². The molecule has 0 spiro atoms. The first-order chi connectivity index (χ1) is 18.8. The van der Waals surface area contributed by atoms with Gasteiger partial charge in [-0.3, -0.25) is 24.5 Å². The maximum Gasteiger partial charge on any atom is 0.303 e. The first-order valence-corrected chi connectivity index (χ1v) is 15.5. The lowest BCUT2D eigenvalue weighted by Gasteiger charge is -2.17. The number of aliphatic hydroxyl groups is 1. The van der Waals surface area contributed by atoms with Crippen LogP contribution in [-0.2, 0) is 19.2 Å². The number of ketones is 1. The Morgan fingerprint density at radius 3 is 1.64 bits per heavy atom. The third-order valence-corrected chi connectivity index (χ3v) is 7.34. The molecular weight excluding hydrogens is 498 g/mol. The predicted molar refractivity (Wildman–Crippen MR) is 155 cm³/mol. The van der Waals surface area contributed by atoms with Gasteiger partial charge in [0, 0.05) is 25.3 Å². The van der Waals surface area contributed by atoms with Gasteiger partial charge in [-0.15, -0.1) is 0 Å².